The summed E-state index contributed by atoms with van der Waals surface area (Å²) in [6.07, 6.45) is 0.688. The SMILES string of the molecule is COCC[C@@H]1CN(C(=O)Nc2ccc(Cl)c(C(=O)OC)c2)CCO1. The summed E-state index contributed by atoms with van der Waals surface area (Å²) in [6.45, 7) is 2.06. The number of halogens is 1. The van der Waals surface area contributed by atoms with Gasteiger partial charge in [-0.2, -0.15) is 0 Å². The van der Waals surface area contributed by atoms with Crippen molar-refractivity contribution in [3.63, 3.8) is 0 Å². The first-order chi connectivity index (χ1) is 11.5. The molecule has 1 aliphatic rings. The van der Waals surface area contributed by atoms with E-state index in [9.17, 15) is 9.59 Å². The fourth-order valence-corrected chi connectivity index (χ4v) is 2.59. The van der Waals surface area contributed by atoms with Gasteiger partial charge in [0, 0.05) is 32.5 Å². The van der Waals surface area contributed by atoms with Gasteiger partial charge >= 0.3 is 12.0 Å². The largest absolute Gasteiger partial charge is 0.465 e. The quantitative estimate of drug-likeness (QED) is 0.820. The lowest BCUT2D eigenvalue weighted by molar-refractivity contribution is -0.0260. The van der Waals surface area contributed by atoms with Gasteiger partial charge in [-0.05, 0) is 24.6 Å². The number of carbonyl (C=O) groups excluding carboxylic acids is 2. The van der Waals surface area contributed by atoms with Crippen LogP contribution < -0.4 is 5.32 Å². The Labute approximate surface area is 145 Å². The number of morpholine rings is 1. The zero-order valence-electron chi connectivity index (χ0n) is 13.7. The highest BCUT2D eigenvalue weighted by Gasteiger charge is 2.24. The molecule has 2 amide bonds. The molecule has 0 saturated carbocycles. The second-order valence-corrected chi connectivity index (χ2v) is 5.74. The van der Waals surface area contributed by atoms with E-state index < -0.39 is 5.97 Å². The fourth-order valence-electron chi connectivity index (χ4n) is 2.40. The highest BCUT2D eigenvalue weighted by Crippen LogP contribution is 2.22. The third-order valence-corrected chi connectivity index (χ3v) is 4.02. The summed E-state index contributed by atoms with van der Waals surface area (Å²) >= 11 is 5.97. The van der Waals surface area contributed by atoms with E-state index in [1.165, 1.54) is 13.2 Å². The molecule has 0 spiro atoms. The molecule has 1 atom stereocenters. The highest BCUT2D eigenvalue weighted by atomic mass is 35.5. The van der Waals surface area contributed by atoms with Crippen molar-refractivity contribution in [1.82, 2.24) is 4.90 Å². The molecule has 0 radical (unpaired) electrons. The summed E-state index contributed by atoms with van der Waals surface area (Å²) in [4.78, 5) is 25.7. The Hall–Kier alpha value is -1.83. The normalized spacial score (nSPS) is 17.5. The Bertz CT molecular complexity index is 596. The molecule has 1 aromatic rings. The molecular formula is C16H21ClN2O5. The van der Waals surface area contributed by atoms with E-state index in [0.717, 1.165) is 6.42 Å². The van der Waals surface area contributed by atoms with Crippen LogP contribution in [0.5, 0.6) is 0 Å². The van der Waals surface area contributed by atoms with Crippen molar-refractivity contribution in [2.45, 2.75) is 12.5 Å². The van der Waals surface area contributed by atoms with Gasteiger partial charge in [-0.3, -0.25) is 0 Å². The van der Waals surface area contributed by atoms with Crippen molar-refractivity contribution in [3.8, 4) is 0 Å². The molecule has 132 valence electrons. The first-order valence-electron chi connectivity index (χ1n) is 7.59. The molecule has 1 saturated heterocycles. The van der Waals surface area contributed by atoms with Crippen LogP contribution in [0.2, 0.25) is 5.02 Å². The van der Waals surface area contributed by atoms with Crippen LogP contribution in [0, 0.1) is 0 Å². The Morgan fingerprint density at radius 1 is 1.42 bits per heavy atom. The number of nitrogens with zero attached hydrogens (tertiary/aromatic N) is 1. The maximum Gasteiger partial charge on any atom is 0.339 e. The molecule has 1 N–H and O–H groups in total. The zero-order chi connectivity index (χ0) is 17.5. The summed E-state index contributed by atoms with van der Waals surface area (Å²) in [7, 11) is 2.91. The smallest absolute Gasteiger partial charge is 0.339 e. The van der Waals surface area contributed by atoms with Crippen molar-refractivity contribution >= 4 is 29.3 Å². The van der Waals surface area contributed by atoms with Gasteiger partial charge in [0.2, 0.25) is 0 Å². The molecule has 1 aromatic carbocycles. The van der Waals surface area contributed by atoms with Gasteiger partial charge in [0.1, 0.15) is 0 Å². The monoisotopic (exact) mass is 356 g/mol. The Kier molecular flexibility index (Phi) is 6.84. The van der Waals surface area contributed by atoms with Crippen LogP contribution in [-0.4, -0.2) is 63.5 Å². The number of methoxy groups -OCH3 is 2. The maximum atomic E-state index is 12.4. The standard InChI is InChI=1S/C16H21ClN2O5/c1-22-7-5-12-10-19(6-8-24-12)16(21)18-11-3-4-14(17)13(9-11)15(20)23-2/h3-4,9,12H,5-8,10H2,1-2H3,(H,18,21)/t12-/m1/s1. The minimum atomic E-state index is -0.554. The number of carbonyl (C=O) groups is 2. The van der Waals surface area contributed by atoms with Crippen molar-refractivity contribution < 1.29 is 23.8 Å². The summed E-state index contributed by atoms with van der Waals surface area (Å²) in [5, 5.41) is 3.04. The molecule has 2 rings (SSSR count). The van der Waals surface area contributed by atoms with Crippen LogP contribution in [0.25, 0.3) is 0 Å². The predicted octanol–water partition coefficient (Wildman–Crippen LogP) is 2.40. The van der Waals surface area contributed by atoms with Crippen LogP contribution >= 0.6 is 11.6 Å². The molecule has 1 heterocycles. The van der Waals surface area contributed by atoms with Crippen molar-refractivity contribution in [3.05, 3.63) is 28.8 Å². The van der Waals surface area contributed by atoms with Gasteiger partial charge in [0.05, 0.1) is 30.4 Å². The number of hydrogen-bond donors (Lipinski definition) is 1. The minimum absolute atomic E-state index is 0.0414. The highest BCUT2D eigenvalue weighted by molar-refractivity contribution is 6.33. The second kappa shape index (κ2) is 8.86. The lowest BCUT2D eigenvalue weighted by atomic mass is 10.2. The number of anilines is 1. The third-order valence-electron chi connectivity index (χ3n) is 3.69. The molecule has 7 nitrogen and oxygen atoms in total. The number of amides is 2. The second-order valence-electron chi connectivity index (χ2n) is 5.34. The molecule has 0 aromatic heterocycles. The average Bonchev–Trinajstić information content (AvgIpc) is 2.61. The Balaban J connectivity index is 2.00. The summed E-state index contributed by atoms with van der Waals surface area (Å²) in [6, 6.07) is 4.42. The van der Waals surface area contributed by atoms with E-state index in [1.807, 2.05) is 0 Å². The van der Waals surface area contributed by atoms with Crippen LogP contribution in [0.1, 0.15) is 16.8 Å². The summed E-state index contributed by atoms with van der Waals surface area (Å²) < 4.78 is 15.3. The predicted molar refractivity (Wildman–Crippen MR) is 89.6 cm³/mol. The summed E-state index contributed by atoms with van der Waals surface area (Å²) in [5.41, 5.74) is 0.682. The van der Waals surface area contributed by atoms with Crippen molar-refractivity contribution in [1.29, 1.82) is 0 Å². The number of rotatable bonds is 5. The van der Waals surface area contributed by atoms with Gasteiger partial charge in [-0.15, -0.1) is 0 Å². The minimum Gasteiger partial charge on any atom is -0.465 e. The first kappa shape index (κ1) is 18.5. The number of ether oxygens (including phenoxy) is 3. The van der Waals surface area contributed by atoms with Crippen molar-refractivity contribution in [2.75, 3.05) is 45.8 Å². The van der Waals surface area contributed by atoms with Crippen LogP contribution in [0.3, 0.4) is 0 Å². The van der Waals surface area contributed by atoms with Crippen LogP contribution in [0.4, 0.5) is 10.5 Å². The van der Waals surface area contributed by atoms with E-state index in [2.05, 4.69) is 10.1 Å². The van der Waals surface area contributed by atoms with E-state index >= 15 is 0 Å². The molecule has 8 heteroatoms. The Morgan fingerprint density at radius 2 is 2.21 bits per heavy atom. The van der Waals surface area contributed by atoms with Crippen molar-refractivity contribution in [2.24, 2.45) is 0 Å². The fraction of sp³-hybridized carbons (Fsp3) is 0.500. The van der Waals surface area contributed by atoms with Crippen LogP contribution in [-0.2, 0) is 14.2 Å². The lowest BCUT2D eigenvalue weighted by Gasteiger charge is -2.33. The molecule has 1 aliphatic heterocycles. The molecule has 24 heavy (non-hydrogen) atoms. The molecular weight excluding hydrogens is 336 g/mol. The maximum absolute atomic E-state index is 12.4. The lowest BCUT2D eigenvalue weighted by Crippen LogP contribution is -2.47. The van der Waals surface area contributed by atoms with Gasteiger partial charge < -0.3 is 24.4 Å². The van der Waals surface area contributed by atoms with Gasteiger partial charge in [0.25, 0.3) is 0 Å². The zero-order valence-corrected chi connectivity index (χ0v) is 14.5. The van der Waals surface area contributed by atoms with E-state index in [-0.39, 0.29) is 22.7 Å². The number of hydrogen-bond acceptors (Lipinski definition) is 5. The number of benzene rings is 1. The van der Waals surface area contributed by atoms with E-state index in [0.29, 0.717) is 32.0 Å². The van der Waals surface area contributed by atoms with Gasteiger partial charge in [-0.25, -0.2) is 9.59 Å². The van der Waals surface area contributed by atoms with Gasteiger partial charge in [0.15, 0.2) is 0 Å². The van der Waals surface area contributed by atoms with E-state index in [1.54, 1.807) is 24.1 Å². The third kappa shape index (κ3) is 4.83. The first-order valence-corrected chi connectivity index (χ1v) is 7.97. The summed E-state index contributed by atoms with van der Waals surface area (Å²) in [5.74, 6) is -0.554. The molecule has 0 aliphatic carbocycles. The Morgan fingerprint density at radius 3 is 2.92 bits per heavy atom. The molecule has 0 unspecified atom stereocenters. The van der Waals surface area contributed by atoms with E-state index in [4.69, 9.17) is 21.1 Å². The topological polar surface area (TPSA) is 77.1 Å². The molecule has 0 bridgehead atoms. The number of urea groups is 1. The average molecular weight is 357 g/mol. The van der Waals surface area contributed by atoms with Gasteiger partial charge in [-0.1, -0.05) is 11.6 Å². The number of nitrogens with one attached hydrogen (secondary N) is 1. The van der Waals surface area contributed by atoms with Crippen LogP contribution in [0.15, 0.2) is 18.2 Å². The number of esters is 1. The molecule has 1 fully saturated rings.